The van der Waals surface area contributed by atoms with Crippen molar-refractivity contribution in [3.8, 4) is 6.07 Å². The van der Waals surface area contributed by atoms with Crippen molar-refractivity contribution in [2.24, 2.45) is 14.1 Å². The topological polar surface area (TPSA) is 79.8 Å². The van der Waals surface area contributed by atoms with Crippen molar-refractivity contribution < 1.29 is 4.79 Å². The van der Waals surface area contributed by atoms with Crippen LogP contribution in [0.1, 0.15) is 5.56 Å². The van der Waals surface area contributed by atoms with E-state index in [0.29, 0.717) is 26.8 Å². The molecule has 0 unspecified atom stereocenters. The normalized spacial score (nSPS) is 11.4. The first-order valence-corrected chi connectivity index (χ1v) is 8.61. The number of aromatic nitrogens is 2. The zero-order valence-corrected chi connectivity index (χ0v) is 16.0. The Bertz CT molecular complexity index is 1200. The summed E-state index contributed by atoms with van der Waals surface area (Å²) in [5.74, 6) is -0.608. The van der Waals surface area contributed by atoms with Crippen molar-refractivity contribution in [3.63, 3.8) is 0 Å². The highest BCUT2D eigenvalue weighted by Gasteiger charge is 2.13. The summed E-state index contributed by atoms with van der Waals surface area (Å²) in [5.41, 5.74) is 2.13. The van der Waals surface area contributed by atoms with Gasteiger partial charge >= 0.3 is 5.69 Å². The Morgan fingerprint density at radius 1 is 1.11 bits per heavy atom. The number of aryl methyl sites for hydroxylation is 2. The Kier molecular flexibility index (Phi) is 5.08. The number of amides is 1. The van der Waals surface area contributed by atoms with Gasteiger partial charge in [0.1, 0.15) is 11.6 Å². The monoisotopic (exact) mass is 400 g/mol. The molecular formula is C19H14Cl2N4O2. The summed E-state index contributed by atoms with van der Waals surface area (Å²) in [6.45, 7) is 0. The van der Waals surface area contributed by atoms with Crippen LogP contribution in [0.25, 0.3) is 17.1 Å². The largest absolute Gasteiger partial charge is 0.328 e. The SMILES string of the molecule is Cn1c(=O)n(C)c2cc(/C=C(\C#N)C(=O)Nc3cc(Cl)ccc3Cl)ccc21. The number of halogens is 2. The van der Waals surface area contributed by atoms with Gasteiger partial charge in [-0.2, -0.15) is 5.26 Å². The van der Waals surface area contributed by atoms with Gasteiger partial charge in [-0.1, -0.05) is 29.3 Å². The van der Waals surface area contributed by atoms with E-state index in [1.807, 2.05) is 6.07 Å². The van der Waals surface area contributed by atoms with E-state index in [1.165, 1.54) is 21.3 Å². The van der Waals surface area contributed by atoms with Gasteiger partial charge in [-0.25, -0.2) is 4.79 Å². The first kappa shape index (κ1) is 18.8. The molecule has 3 aromatic rings. The van der Waals surface area contributed by atoms with E-state index in [0.717, 1.165) is 5.52 Å². The first-order valence-electron chi connectivity index (χ1n) is 7.85. The van der Waals surface area contributed by atoms with Crippen LogP contribution in [0.5, 0.6) is 0 Å². The molecule has 0 spiro atoms. The number of anilines is 1. The van der Waals surface area contributed by atoms with E-state index in [1.54, 1.807) is 44.4 Å². The van der Waals surface area contributed by atoms with Crippen LogP contribution in [0.3, 0.4) is 0 Å². The summed E-state index contributed by atoms with van der Waals surface area (Å²) in [5, 5.41) is 12.7. The minimum atomic E-state index is -0.608. The molecule has 0 aliphatic heterocycles. The molecule has 136 valence electrons. The average molecular weight is 401 g/mol. The van der Waals surface area contributed by atoms with Crippen molar-refractivity contribution in [3.05, 3.63) is 68.1 Å². The van der Waals surface area contributed by atoms with Gasteiger partial charge in [0.25, 0.3) is 5.91 Å². The minimum Gasteiger partial charge on any atom is -0.320 e. The Morgan fingerprint density at radius 3 is 2.52 bits per heavy atom. The summed E-state index contributed by atoms with van der Waals surface area (Å²) in [6.07, 6.45) is 1.45. The number of nitriles is 1. The number of fused-ring (bicyclic) bond motifs is 1. The van der Waals surface area contributed by atoms with Gasteiger partial charge in [-0.3, -0.25) is 13.9 Å². The predicted octanol–water partition coefficient (Wildman–Crippen LogP) is 3.73. The smallest absolute Gasteiger partial charge is 0.320 e. The summed E-state index contributed by atoms with van der Waals surface area (Å²) in [7, 11) is 3.35. The van der Waals surface area contributed by atoms with Gasteiger partial charge in [0.2, 0.25) is 0 Å². The highest BCUT2D eigenvalue weighted by Crippen LogP contribution is 2.26. The molecule has 0 atom stereocenters. The maximum atomic E-state index is 12.4. The molecule has 1 heterocycles. The molecule has 0 radical (unpaired) electrons. The van der Waals surface area contributed by atoms with Crippen LogP contribution < -0.4 is 11.0 Å². The number of hydrogen-bond acceptors (Lipinski definition) is 3. The molecule has 0 bridgehead atoms. The lowest BCUT2D eigenvalue weighted by molar-refractivity contribution is -0.112. The fourth-order valence-corrected chi connectivity index (χ4v) is 3.05. The minimum absolute atomic E-state index is 0.105. The third-order valence-electron chi connectivity index (χ3n) is 4.15. The van der Waals surface area contributed by atoms with Crippen LogP contribution in [0.15, 0.2) is 46.8 Å². The quantitative estimate of drug-likeness (QED) is 0.537. The summed E-state index contributed by atoms with van der Waals surface area (Å²) in [6, 6.07) is 11.8. The third-order valence-corrected chi connectivity index (χ3v) is 4.71. The lowest BCUT2D eigenvalue weighted by Gasteiger charge is -2.07. The van der Waals surface area contributed by atoms with Crippen LogP contribution in [0.2, 0.25) is 10.0 Å². The number of benzene rings is 2. The van der Waals surface area contributed by atoms with Gasteiger partial charge in [-0.15, -0.1) is 0 Å². The van der Waals surface area contributed by atoms with Gasteiger partial charge in [-0.05, 0) is 42.0 Å². The summed E-state index contributed by atoms with van der Waals surface area (Å²) >= 11 is 11.9. The zero-order valence-electron chi connectivity index (χ0n) is 14.5. The molecule has 2 aromatic carbocycles. The Labute approximate surface area is 164 Å². The van der Waals surface area contributed by atoms with E-state index >= 15 is 0 Å². The van der Waals surface area contributed by atoms with Gasteiger partial charge < -0.3 is 5.32 Å². The van der Waals surface area contributed by atoms with Crippen molar-refractivity contribution in [2.75, 3.05) is 5.32 Å². The highest BCUT2D eigenvalue weighted by atomic mass is 35.5. The first-order chi connectivity index (χ1) is 12.8. The number of hydrogen-bond donors (Lipinski definition) is 1. The second kappa shape index (κ2) is 7.31. The average Bonchev–Trinajstić information content (AvgIpc) is 2.86. The fourth-order valence-electron chi connectivity index (χ4n) is 2.71. The lowest BCUT2D eigenvalue weighted by atomic mass is 10.1. The summed E-state index contributed by atoms with van der Waals surface area (Å²) in [4.78, 5) is 24.5. The molecule has 0 saturated heterocycles. The number of imidazole rings is 1. The van der Waals surface area contributed by atoms with E-state index < -0.39 is 5.91 Å². The molecule has 1 amide bonds. The second-order valence-corrected chi connectivity index (χ2v) is 6.74. The maximum Gasteiger partial charge on any atom is 0.328 e. The standard InChI is InChI=1S/C19H14Cl2N4O2/c1-24-16-6-3-11(8-17(16)25(2)19(24)27)7-12(10-22)18(26)23-15-9-13(20)4-5-14(15)21/h3-9H,1-2H3,(H,23,26)/b12-7+. The molecule has 1 aromatic heterocycles. The number of nitrogens with zero attached hydrogens (tertiary/aromatic N) is 3. The van der Waals surface area contributed by atoms with E-state index in [-0.39, 0.29) is 11.3 Å². The molecule has 0 saturated carbocycles. The molecule has 0 fully saturated rings. The third kappa shape index (κ3) is 3.61. The molecule has 27 heavy (non-hydrogen) atoms. The number of carbonyl (C=O) groups excluding carboxylic acids is 1. The molecular weight excluding hydrogens is 387 g/mol. The van der Waals surface area contributed by atoms with Crippen LogP contribution in [-0.4, -0.2) is 15.0 Å². The van der Waals surface area contributed by atoms with Crippen LogP contribution in [0, 0.1) is 11.3 Å². The summed E-state index contributed by atoms with van der Waals surface area (Å²) < 4.78 is 3.03. The zero-order chi connectivity index (χ0) is 19.7. The molecule has 8 heteroatoms. The lowest BCUT2D eigenvalue weighted by Crippen LogP contribution is -2.19. The number of nitrogens with one attached hydrogen (secondary N) is 1. The van der Waals surface area contributed by atoms with Crippen LogP contribution >= 0.6 is 23.2 Å². The van der Waals surface area contributed by atoms with E-state index in [2.05, 4.69) is 5.32 Å². The Morgan fingerprint density at radius 2 is 1.81 bits per heavy atom. The van der Waals surface area contributed by atoms with Crippen molar-refractivity contribution in [1.29, 1.82) is 5.26 Å². The van der Waals surface area contributed by atoms with E-state index in [9.17, 15) is 14.9 Å². The second-order valence-electron chi connectivity index (χ2n) is 5.90. The molecule has 6 nitrogen and oxygen atoms in total. The van der Waals surface area contributed by atoms with Gasteiger partial charge in [0.05, 0.1) is 21.7 Å². The number of carbonyl (C=O) groups is 1. The maximum absolute atomic E-state index is 12.4. The van der Waals surface area contributed by atoms with Crippen LogP contribution in [0.4, 0.5) is 5.69 Å². The Balaban J connectivity index is 1.96. The van der Waals surface area contributed by atoms with E-state index in [4.69, 9.17) is 23.2 Å². The van der Waals surface area contributed by atoms with Gasteiger partial charge in [0.15, 0.2) is 0 Å². The van der Waals surface area contributed by atoms with Crippen molar-refractivity contribution in [2.45, 2.75) is 0 Å². The van der Waals surface area contributed by atoms with Crippen molar-refractivity contribution >= 4 is 51.9 Å². The van der Waals surface area contributed by atoms with Gasteiger partial charge in [0, 0.05) is 19.1 Å². The molecule has 0 aliphatic carbocycles. The Hall–Kier alpha value is -3.01. The molecule has 0 aliphatic rings. The fraction of sp³-hybridized carbons (Fsp3) is 0.105. The molecule has 1 N–H and O–H groups in total. The van der Waals surface area contributed by atoms with Crippen molar-refractivity contribution in [1.82, 2.24) is 9.13 Å². The highest BCUT2D eigenvalue weighted by molar-refractivity contribution is 6.36. The number of rotatable bonds is 3. The van der Waals surface area contributed by atoms with Crippen LogP contribution in [-0.2, 0) is 18.9 Å². The predicted molar refractivity (Wildman–Crippen MR) is 107 cm³/mol. The molecule has 3 rings (SSSR count).